The van der Waals surface area contributed by atoms with Gasteiger partial charge in [-0.2, -0.15) is 0 Å². The van der Waals surface area contributed by atoms with Crippen LogP contribution in [0.3, 0.4) is 0 Å². The molecular formula is C14H20N4OS. The summed E-state index contributed by atoms with van der Waals surface area (Å²) in [6.45, 7) is 6.01. The first-order chi connectivity index (χ1) is 9.56. The van der Waals surface area contributed by atoms with Crippen LogP contribution in [-0.2, 0) is 6.42 Å². The number of aryl methyl sites for hydroxylation is 2. The molecule has 2 heterocycles. The third kappa shape index (κ3) is 2.98. The second-order valence-corrected chi connectivity index (χ2v) is 6.02. The molecule has 0 spiro atoms. The van der Waals surface area contributed by atoms with Crippen molar-refractivity contribution >= 4 is 11.3 Å². The van der Waals surface area contributed by atoms with Gasteiger partial charge in [0, 0.05) is 40.5 Å². The zero-order chi connectivity index (χ0) is 14.7. The van der Waals surface area contributed by atoms with Crippen molar-refractivity contribution in [2.75, 3.05) is 7.11 Å². The van der Waals surface area contributed by atoms with E-state index in [4.69, 9.17) is 10.6 Å². The summed E-state index contributed by atoms with van der Waals surface area (Å²) in [5.41, 5.74) is 5.94. The fourth-order valence-corrected chi connectivity index (χ4v) is 3.10. The molecule has 3 N–H and O–H groups in total. The largest absolute Gasteiger partial charge is 0.496 e. The van der Waals surface area contributed by atoms with Crippen LogP contribution in [0.2, 0.25) is 0 Å². The quantitative estimate of drug-likeness (QED) is 0.653. The highest BCUT2D eigenvalue weighted by molar-refractivity contribution is 7.11. The Hall–Kier alpha value is -1.50. The van der Waals surface area contributed by atoms with Crippen LogP contribution in [0.15, 0.2) is 12.4 Å². The van der Waals surface area contributed by atoms with E-state index in [1.54, 1.807) is 18.4 Å². The zero-order valence-corrected chi connectivity index (χ0v) is 13.0. The van der Waals surface area contributed by atoms with Crippen molar-refractivity contribution in [2.24, 2.45) is 5.84 Å². The molecular weight excluding hydrogens is 272 g/mol. The number of nitrogens with zero attached hydrogens (tertiary/aromatic N) is 2. The van der Waals surface area contributed by atoms with E-state index in [1.807, 2.05) is 33.2 Å². The molecule has 1 unspecified atom stereocenters. The molecule has 0 bridgehead atoms. The lowest BCUT2D eigenvalue weighted by atomic mass is 10.0. The molecule has 20 heavy (non-hydrogen) atoms. The van der Waals surface area contributed by atoms with E-state index in [9.17, 15) is 0 Å². The summed E-state index contributed by atoms with van der Waals surface area (Å²) in [6.07, 6.45) is 4.42. The third-order valence-corrected chi connectivity index (χ3v) is 4.36. The molecule has 2 aromatic rings. The summed E-state index contributed by atoms with van der Waals surface area (Å²) in [7, 11) is 1.68. The van der Waals surface area contributed by atoms with Crippen LogP contribution in [0.25, 0.3) is 0 Å². The van der Waals surface area contributed by atoms with Gasteiger partial charge in [0.05, 0.1) is 18.2 Å². The number of hydrazine groups is 1. The predicted octanol–water partition coefficient (Wildman–Crippen LogP) is 2.22. The van der Waals surface area contributed by atoms with Crippen LogP contribution in [0.5, 0.6) is 5.75 Å². The number of pyridine rings is 1. The molecule has 0 aromatic carbocycles. The van der Waals surface area contributed by atoms with Gasteiger partial charge >= 0.3 is 0 Å². The molecule has 108 valence electrons. The van der Waals surface area contributed by atoms with Gasteiger partial charge in [0.25, 0.3) is 0 Å². The summed E-state index contributed by atoms with van der Waals surface area (Å²) in [4.78, 5) is 9.91. The Morgan fingerprint density at radius 3 is 2.60 bits per heavy atom. The summed E-state index contributed by atoms with van der Waals surface area (Å²) in [6, 6.07) is 0.0137. The Kier molecular flexibility index (Phi) is 4.69. The van der Waals surface area contributed by atoms with Gasteiger partial charge in [0.2, 0.25) is 0 Å². The van der Waals surface area contributed by atoms with Crippen LogP contribution in [0, 0.1) is 20.8 Å². The van der Waals surface area contributed by atoms with Crippen LogP contribution in [0.4, 0.5) is 0 Å². The van der Waals surface area contributed by atoms with E-state index < -0.39 is 0 Å². The van der Waals surface area contributed by atoms with E-state index in [2.05, 4.69) is 15.4 Å². The highest BCUT2D eigenvalue weighted by Crippen LogP contribution is 2.28. The lowest BCUT2D eigenvalue weighted by Crippen LogP contribution is -2.29. The van der Waals surface area contributed by atoms with Crippen molar-refractivity contribution in [3.05, 3.63) is 39.1 Å². The van der Waals surface area contributed by atoms with Crippen molar-refractivity contribution in [1.82, 2.24) is 15.4 Å². The van der Waals surface area contributed by atoms with E-state index >= 15 is 0 Å². The average Bonchev–Trinajstić information content (AvgIpc) is 2.85. The molecule has 6 heteroatoms. The summed E-state index contributed by atoms with van der Waals surface area (Å²) in [5.74, 6) is 6.58. The minimum atomic E-state index is 0.0137. The van der Waals surface area contributed by atoms with Gasteiger partial charge in [-0.1, -0.05) is 0 Å². The standard InChI is InChI=1S/C14H20N4OS/c1-8-6-17-11(9(2)14(8)19-4)5-12(18-15)13-7-16-10(3)20-13/h6-7,12,18H,5,15H2,1-4H3. The number of nitrogens with one attached hydrogen (secondary N) is 1. The molecule has 5 nitrogen and oxygen atoms in total. The number of rotatable bonds is 5. The SMILES string of the molecule is COc1c(C)cnc(CC(NN)c2cnc(C)s2)c1C. The highest BCUT2D eigenvalue weighted by atomic mass is 32.1. The lowest BCUT2D eigenvalue weighted by Gasteiger charge is -2.17. The van der Waals surface area contributed by atoms with E-state index in [0.29, 0.717) is 6.42 Å². The molecule has 0 saturated heterocycles. The molecule has 2 aromatic heterocycles. The number of nitrogens with two attached hydrogens (primary N) is 1. The summed E-state index contributed by atoms with van der Waals surface area (Å²) in [5, 5.41) is 1.03. The first kappa shape index (κ1) is 14.9. The van der Waals surface area contributed by atoms with Gasteiger partial charge in [-0.15, -0.1) is 11.3 Å². The molecule has 0 amide bonds. The van der Waals surface area contributed by atoms with Crippen molar-refractivity contribution in [3.63, 3.8) is 0 Å². The maximum atomic E-state index is 5.68. The Balaban J connectivity index is 2.28. The number of thiazole rings is 1. The van der Waals surface area contributed by atoms with Gasteiger partial charge in [0.15, 0.2) is 0 Å². The van der Waals surface area contributed by atoms with Crippen LogP contribution >= 0.6 is 11.3 Å². The van der Waals surface area contributed by atoms with Gasteiger partial charge in [-0.3, -0.25) is 16.3 Å². The fourth-order valence-electron chi connectivity index (χ4n) is 2.25. The lowest BCUT2D eigenvalue weighted by molar-refractivity contribution is 0.406. The third-order valence-electron chi connectivity index (χ3n) is 3.33. The highest BCUT2D eigenvalue weighted by Gasteiger charge is 2.17. The van der Waals surface area contributed by atoms with Crippen LogP contribution < -0.4 is 16.0 Å². The number of aromatic nitrogens is 2. The fraction of sp³-hybridized carbons (Fsp3) is 0.429. The number of hydrogen-bond acceptors (Lipinski definition) is 6. The molecule has 2 rings (SSSR count). The van der Waals surface area contributed by atoms with Gasteiger partial charge in [0.1, 0.15) is 5.75 Å². The molecule has 1 atom stereocenters. The van der Waals surface area contributed by atoms with Crippen molar-refractivity contribution in [1.29, 1.82) is 0 Å². The summed E-state index contributed by atoms with van der Waals surface area (Å²) >= 11 is 1.65. The predicted molar refractivity (Wildman–Crippen MR) is 80.9 cm³/mol. The Morgan fingerprint density at radius 1 is 1.30 bits per heavy atom. The van der Waals surface area contributed by atoms with Gasteiger partial charge < -0.3 is 4.74 Å². The average molecular weight is 292 g/mol. The molecule has 0 fully saturated rings. The number of hydrogen-bond donors (Lipinski definition) is 2. The summed E-state index contributed by atoms with van der Waals surface area (Å²) < 4.78 is 5.44. The van der Waals surface area contributed by atoms with Crippen molar-refractivity contribution in [3.8, 4) is 5.75 Å². The Morgan fingerprint density at radius 2 is 2.05 bits per heavy atom. The maximum absolute atomic E-state index is 5.68. The normalized spacial score (nSPS) is 12.4. The number of methoxy groups -OCH3 is 1. The number of ether oxygens (including phenoxy) is 1. The van der Waals surface area contributed by atoms with Crippen LogP contribution in [-0.4, -0.2) is 17.1 Å². The van der Waals surface area contributed by atoms with Gasteiger partial charge in [-0.25, -0.2) is 4.98 Å². The van der Waals surface area contributed by atoms with Gasteiger partial charge in [-0.05, 0) is 20.8 Å². The molecule has 0 radical (unpaired) electrons. The zero-order valence-electron chi connectivity index (χ0n) is 12.2. The Labute approximate surface area is 123 Å². The minimum absolute atomic E-state index is 0.0137. The van der Waals surface area contributed by atoms with E-state index in [1.165, 1.54) is 0 Å². The molecule has 0 saturated carbocycles. The van der Waals surface area contributed by atoms with Crippen LogP contribution in [0.1, 0.15) is 32.7 Å². The first-order valence-electron chi connectivity index (χ1n) is 6.44. The minimum Gasteiger partial charge on any atom is -0.496 e. The van der Waals surface area contributed by atoms with Crippen molar-refractivity contribution < 1.29 is 4.74 Å². The second-order valence-electron chi connectivity index (χ2n) is 4.75. The Bertz CT molecular complexity index is 597. The molecule has 0 aliphatic rings. The van der Waals surface area contributed by atoms with E-state index in [-0.39, 0.29) is 6.04 Å². The van der Waals surface area contributed by atoms with Crippen molar-refractivity contribution in [2.45, 2.75) is 33.2 Å². The topological polar surface area (TPSA) is 73.1 Å². The molecule has 0 aliphatic heterocycles. The van der Waals surface area contributed by atoms with E-state index in [0.717, 1.165) is 32.5 Å². The first-order valence-corrected chi connectivity index (χ1v) is 7.26. The second kappa shape index (κ2) is 6.30. The monoisotopic (exact) mass is 292 g/mol. The molecule has 0 aliphatic carbocycles. The smallest absolute Gasteiger partial charge is 0.128 e. The maximum Gasteiger partial charge on any atom is 0.128 e.